The molecule has 0 amide bonds. The molecule has 0 bridgehead atoms. The third-order valence-corrected chi connectivity index (χ3v) is 10.0. The van der Waals surface area contributed by atoms with Crippen LogP contribution in [0.3, 0.4) is 0 Å². The van der Waals surface area contributed by atoms with Gasteiger partial charge in [-0.1, -0.05) is 42.5 Å². The smallest absolute Gasteiger partial charge is 0.296 e. The molecule has 0 aliphatic carbocycles. The minimum atomic E-state index is -5.01. The summed E-state index contributed by atoms with van der Waals surface area (Å²) in [4.78, 5) is -1.61. The van der Waals surface area contributed by atoms with Gasteiger partial charge in [-0.15, -0.1) is 14.3 Å². The molecule has 45 heavy (non-hydrogen) atoms. The molecule has 228 valence electrons. The molecular weight excluding hydrogens is 649 g/mol. The first-order chi connectivity index (χ1) is 21.2. The first-order valence-corrected chi connectivity index (χ1v) is 16.8. The largest absolute Gasteiger partial charge is 0.336 e. The van der Waals surface area contributed by atoms with E-state index in [9.17, 15) is 39.6 Å². The van der Waals surface area contributed by atoms with Crippen LogP contribution in [0.15, 0.2) is 97.7 Å². The van der Waals surface area contributed by atoms with E-state index in [1.54, 1.807) is 42.5 Å². The quantitative estimate of drug-likeness (QED) is 0.168. The number of aryl methyl sites for hydroxylation is 1. The second-order valence-corrected chi connectivity index (χ2v) is 14.0. The highest BCUT2D eigenvalue weighted by Gasteiger charge is 2.35. The Morgan fingerprint density at radius 1 is 0.911 bits per heavy atom. The minimum Gasteiger partial charge on any atom is -0.336 e. The highest BCUT2D eigenvalue weighted by Crippen LogP contribution is 2.45. The zero-order valence-electron chi connectivity index (χ0n) is 22.6. The Morgan fingerprint density at radius 2 is 1.60 bits per heavy atom. The highest BCUT2D eigenvalue weighted by atomic mass is 32.2. The van der Waals surface area contributed by atoms with E-state index in [0.29, 0.717) is 11.6 Å². The van der Waals surface area contributed by atoms with Crippen molar-refractivity contribution in [3.63, 3.8) is 0 Å². The van der Waals surface area contributed by atoms with Gasteiger partial charge in [0.2, 0.25) is 0 Å². The number of nitrogens with one attached hydrogen (secondary N) is 1. The second-order valence-electron chi connectivity index (χ2n) is 9.47. The summed E-state index contributed by atoms with van der Waals surface area (Å²) < 4.78 is 96.3. The van der Waals surface area contributed by atoms with Crippen LogP contribution in [0.4, 0.5) is 23.0 Å². The molecule has 0 atom stereocenters. The van der Waals surface area contributed by atoms with Gasteiger partial charge in [-0.25, -0.2) is 4.68 Å². The predicted octanol–water partition coefficient (Wildman–Crippen LogP) is 4.12. The zero-order valence-corrected chi connectivity index (χ0v) is 25.1. The summed E-state index contributed by atoms with van der Waals surface area (Å²) in [6.07, 6.45) is 0. The summed E-state index contributed by atoms with van der Waals surface area (Å²) in [5, 5.41) is 29.8. The lowest BCUT2D eigenvalue weighted by Gasteiger charge is -2.19. The molecule has 3 N–H and O–H groups in total. The lowest BCUT2D eigenvalue weighted by Crippen LogP contribution is -2.22. The first-order valence-electron chi connectivity index (χ1n) is 12.5. The third-order valence-electron chi connectivity index (χ3n) is 6.65. The van der Waals surface area contributed by atoms with Crippen LogP contribution in [0.2, 0.25) is 0 Å². The topological polar surface area (TPSA) is 239 Å². The molecule has 19 heteroatoms. The number of hydrogen-bond donors (Lipinski definition) is 3. The van der Waals surface area contributed by atoms with Crippen LogP contribution in [0.1, 0.15) is 11.3 Å². The Morgan fingerprint density at radius 3 is 2.27 bits per heavy atom. The van der Waals surface area contributed by atoms with Crippen LogP contribution in [0, 0.1) is 18.3 Å². The van der Waals surface area contributed by atoms with Crippen LogP contribution >= 0.6 is 0 Å². The molecule has 1 aliphatic heterocycles. The van der Waals surface area contributed by atoms with Crippen LogP contribution in [0.5, 0.6) is 0 Å². The molecule has 0 spiro atoms. The minimum absolute atomic E-state index is 0.0138. The molecule has 0 unspecified atom stereocenters. The number of para-hydroxylation sites is 1. The average Bonchev–Trinajstić information content (AvgIpc) is 3.52. The molecule has 6 rings (SSSR count). The summed E-state index contributed by atoms with van der Waals surface area (Å²) in [5.41, 5.74) is -0.109. The van der Waals surface area contributed by atoms with Gasteiger partial charge in [0.05, 0.1) is 22.0 Å². The summed E-state index contributed by atoms with van der Waals surface area (Å²) in [6.45, 7) is 1.38. The van der Waals surface area contributed by atoms with E-state index in [-0.39, 0.29) is 39.0 Å². The summed E-state index contributed by atoms with van der Waals surface area (Å²) >= 11 is 0. The van der Waals surface area contributed by atoms with Gasteiger partial charge < -0.3 is 5.32 Å². The average molecular weight is 667 g/mol. The van der Waals surface area contributed by atoms with Gasteiger partial charge in [-0.05, 0) is 37.3 Å². The zero-order chi connectivity index (χ0) is 32.3. The molecule has 3 heterocycles. The van der Waals surface area contributed by atoms with Crippen molar-refractivity contribution in [2.45, 2.75) is 21.6 Å². The number of nitrogens with zero attached hydrogens (tertiary/aromatic N) is 7. The number of benzene rings is 3. The first kappa shape index (κ1) is 29.8. The fourth-order valence-electron chi connectivity index (χ4n) is 4.62. The van der Waals surface area contributed by atoms with Crippen LogP contribution in [0.25, 0.3) is 16.9 Å². The van der Waals surface area contributed by atoms with Crippen LogP contribution < -0.4 is 5.32 Å². The maximum absolute atomic E-state index is 13.5. The molecule has 0 fully saturated rings. The van der Waals surface area contributed by atoms with Crippen LogP contribution in [-0.4, -0.2) is 53.3 Å². The van der Waals surface area contributed by atoms with Crippen molar-refractivity contribution < 1.29 is 34.4 Å². The Balaban J connectivity index is 1.62. The van der Waals surface area contributed by atoms with E-state index in [1.165, 1.54) is 19.1 Å². The highest BCUT2D eigenvalue weighted by molar-refractivity contribution is 7.90. The maximum atomic E-state index is 13.5. The molecule has 2 aromatic heterocycles. The van der Waals surface area contributed by atoms with Crippen molar-refractivity contribution in [3.05, 3.63) is 84.1 Å². The van der Waals surface area contributed by atoms with Gasteiger partial charge in [0.25, 0.3) is 30.3 Å². The fourth-order valence-corrected chi connectivity index (χ4v) is 7.16. The number of rotatable bonds is 6. The molecule has 5 aromatic rings. The number of anilines is 2. The van der Waals surface area contributed by atoms with E-state index in [4.69, 9.17) is 0 Å². The lowest BCUT2D eigenvalue weighted by molar-refractivity contribution is 0.477. The van der Waals surface area contributed by atoms with Crippen molar-refractivity contribution in [2.75, 3.05) is 5.32 Å². The molecule has 1 aliphatic rings. The molecule has 16 nitrogen and oxygen atoms in total. The maximum Gasteiger partial charge on any atom is 0.296 e. The van der Waals surface area contributed by atoms with Crippen molar-refractivity contribution >= 4 is 53.3 Å². The Kier molecular flexibility index (Phi) is 6.90. The molecular formula is C26H18N8O8S3. The Hall–Kier alpha value is -5.26. The van der Waals surface area contributed by atoms with Gasteiger partial charge in [0, 0.05) is 5.56 Å². The number of hydrogen-bond acceptors (Lipinski definition) is 12. The van der Waals surface area contributed by atoms with E-state index in [2.05, 4.69) is 25.7 Å². The Bertz CT molecular complexity index is 2450. The third kappa shape index (κ3) is 5.05. The van der Waals surface area contributed by atoms with E-state index in [1.807, 2.05) is 6.07 Å². The predicted molar refractivity (Wildman–Crippen MR) is 157 cm³/mol. The molecule has 0 saturated heterocycles. The second kappa shape index (κ2) is 10.4. The van der Waals surface area contributed by atoms with Crippen LogP contribution in [-0.2, 0) is 30.3 Å². The number of aromatic nitrogens is 4. The standard InChI is InChI=1S/C26H18N8O8S3/c1-15-18(14-27)25(33(31-15)20-13-17(44(37,38)39)11-12-22(20)45(40,41)42)30-29-24-23(16-7-3-2-4-8-16)32-34-26(24)28-19-9-5-6-10-21(19)43(34,35)36/h2-13,28H,1H3,(H,37,38,39)(H,40,41,42). The number of nitriles is 1. The van der Waals surface area contributed by atoms with Gasteiger partial charge >= 0.3 is 0 Å². The van der Waals surface area contributed by atoms with Crippen molar-refractivity contribution in [1.29, 1.82) is 5.26 Å². The van der Waals surface area contributed by atoms with E-state index < -0.39 is 51.6 Å². The van der Waals surface area contributed by atoms with Gasteiger partial charge in [0.1, 0.15) is 27.1 Å². The lowest BCUT2D eigenvalue weighted by atomic mass is 10.1. The van der Waals surface area contributed by atoms with Gasteiger partial charge in [0.15, 0.2) is 17.3 Å². The SMILES string of the molecule is Cc1nn(-c2cc(S(=O)(=O)O)ccc2S(=O)(=O)O)c(N=Nc2c(-c3ccccc3)nn3c2Nc2ccccc2S3(=O)=O)c1C#N. The molecule has 3 aromatic carbocycles. The van der Waals surface area contributed by atoms with Crippen molar-refractivity contribution in [3.8, 4) is 23.0 Å². The van der Waals surface area contributed by atoms with E-state index >= 15 is 0 Å². The van der Waals surface area contributed by atoms with Crippen molar-refractivity contribution in [1.82, 2.24) is 19.0 Å². The summed E-state index contributed by atoms with van der Waals surface area (Å²) in [5.74, 6) is -0.505. The molecule has 0 saturated carbocycles. The number of azo groups is 1. The van der Waals surface area contributed by atoms with Crippen molar-refractivity contribution in [2.24, 2.45) is 10.2 Å². The monoisotopic (exact) mass is 666 g/mol. The van der Waals surface area contributed by atoms with Gasteiger partial charge in [-0.2, -0.15) is 40.7 Å². The number of fused-ring (bicyclic) bond motifs is 2. The summed E-state index contributed by atoms with van der Waals surface area (Å²) in [6, 6.07) is 18.6. The van der Waals surface area contributed by atoms with E-state index in [0.717, 1.165) is 20.9 Å². The Labute approximate surface area is 255 Å². The summed E-state index contributed by atoms with van der Waals surface area (Å²) in [7, 11) is -14.1. The van der Waals surface area contributed by atoms with Gasteiger partial charge in [-0.3, -0.25) is 9.11 Å². The normalized spacial score (nSPS) is 14.0. The molecule has 0 radical (unpaired) electrons. The fraction of sp³-hybridized carbons (Fsp3) is 0.0385.